The Hall–Kier alpha value is -1.95. The van der Waals surface area contributed by atoms with E-state index in [-0.39, 0.29) is 11.5 Å². The van der Waals surface area contributed by atoms with Gasteiger partial charge in [-0.1, -0.05) is 13.8 Å². The molecule has 1 N–H and O–H groups in total. The van der Waals surface area contributed by atoms with E-state index in [0.29, 0.717) is 5.03 Å². The lowest BCUT2D eigenvalue weighted by Crippen LogP contribution is -2.01. The molecule has 2 aromatic heterocycles. The molecule has 0 saturated heterocycles. The number of carbonyl (C=O) groups is 1. The number of aromatic carboxylic acids is 1. The Morgan fingerprint density at radius 3 is 2.65 bits per heavy atom. The first kappa shape index (κ1) is 14.5. The van der Waals surface area contributed by atoms with Gasteiger partial charge in [-0.2, -0.15) is 0 Å². The number of hydrogen-bond acceptors (Lipinski definition) is 5. The maximum absolute atomic E-state index is 10.9. The lowest BCUT2D eigenvalue weighted by molar-refractivity contribution is 0.0696. The average Bonchev–Trinajstić information content (AvgIpc) is 2.38. The summed E-state index contributed by atoms with van der Waals surface area (Å²) in [6, 6.07) is 4.88. The van der Waals surface area contributed by atoms with Crippen LogP contribution in [-0.2, 0) is 0 Å². The molecule has 20 heavy (non-hydrogen) atoms. The molecule has 0 aliphatic carbocycles. The molecule has 2 rings (SSSR count). The average molecular weight is 289 g/mol. The van der Waals surface area contributed by atoms with Gasteiger partial charge in [0, 0.05) is 17.8 Å². The van der Waals surface area contributed by atoms with Crippen LogP contribution in [0.3, 0.4) is 0 Å². The second-order valence-electron chi connectivity index (χ2n) is 4.65. The second kappa shape index (κ2) is 6.00. The molecular weight excluding hydrogens is 274 g/mol. The Balaban J connectivity index is 2.30. The number of carboxylic acid groups (broad SMARTS) is 1. The van der Waals surface area contributed by atoms with Gasteiger partial charge in [-0.3, -0.25) is 0 Å². The summed E-state index contributed by atoms with van der Waals surface area (Å²) in [6.45, 7) is 5.98. The van der Waals surface area contributed by atoms with Crippen molar-refractivity contribution >= 4 is 17.7 Å². The summed E-state index contributed by atoms with van der Waals surface area (Å²) in [4.78, 5) is 24.0. The van der Waals surface area contributed by atoms with Gasteiger partial charge in [0.05, 0.1) is 5.56 Å². The first-order valence-corrected chi connectivity index (χ1v) is 7.00. The molecule has 0 amide bonds. The van der Waals surface area contributed by atoms with Gasteiger partial charge in [-0.05, 0) is 36.9 Å². The number of aromatic nitrogens is 3. The van der Waals surface area contributed by atoms with Crippen molar-refractivity contribution in [3.05, 3.63) is 41.5 Å². The normalized spacial score (nSPS) is 10.8. The Morgan fingerprint density at radius 2 is 2.00 bits per heavy atom. The molecule has 0 spiro atoms. The van der Waals surface area contributed by atoms with Crippen molar-refractivity contribution < 1.29 is 9.90 Å². The molecule has 2 heterocycles. The SMILES string of the molecule is Cc1cc(Sc2cc(C(=O)O)ccn2)nc(C(C)C)n1. The van der Waals surface area contributed by atoms with E-state index >= 15 is 0 Å². The van der Waals surface area contributed by atoms with Crippen LogP contribution >= 0.6 is 11.8 Å². The number of hydrogen-bond donors (Lipinski definition) is 1. The van der Waals surface area contributed by atoms with Crippen molar-refractivity contribution in [2.75, 3.05) is 0 Å². The first-order valence-electron chi connectivity index (χ1n) is 6.18. The smallest absolute Gasteiger partial charge is 0.335 e. The summed E-state index contributed by atoms with van der Waals surface area (Å²) in [5.41, 5.74) is 1.11. The molecule has 0 unspecified atom stereocenters. The minimum atomic E-state index is -0.962. The summed E-state index contributed by atoms with van der Waals surface area (Å²) in [7, 11) is 0. The van der Waals surface area contributed by atoms with Crippen LogP contribution in [0.2, 0.25) is 0 Å². The standard InChI is InChI=1S/C14H15N3O2S/c1-8(2)13-16-9(3)6-12(17-13)20-11-7-10(14(18)19)4-5-15-11/h4-8H,1-3H3,(H,18,19). The van der Waals surface area contributed by atoms with Crippen LogP contribution in [0.5, 0.6) is 0 Å². The molecule has 0 fully saturated rings. The molecule has 6 heteroatoms. The Bertz CT molecular complexity index is 644. The predicted octanol–water partition coefficient (Wildman–Crippen LogP) is 3.15. The van der Waals surface area contributed by atoms with Gasteiger partial charge in [-0.15, -0.1) is 0 Å². The van der Waals surface area contributed by atoms with E-state index < -0.39 is 5.97 Å². The Morgan fingerprint density at radius 1 is 1.25 bits per heavy atom. The molecule has 2 aromatic rings. The van der Waals surface area contributed by atoms with Crippen molar-refractivity contribution in [3.63, 3.8) is 0 Å². The summed E-state index contributed by atoms with van der Waals surface area (Å²) in [5, 5.41) is 10.4. The van der Waals surface area contributed by atoms with E-state index in [1.54, 1.807) is 6.07 Å². The topological polar surface area (TPSA) is 76.0 Å². The first-order chi connectivity index (χ1) is 9.45. The highest BCUT2D eigenvalue weighted by Gasteiger charge is 2.10. The van der Waals surface area contributed by atoms with Gasteiger partial charge in [0.25, 0.3) is 0 Å². The van der Waals surface area contributed by atoms with Gasteiger partial charge < -0.3 is 5.11 Å². The summed E-state index contributed by atoms with van der Waals surface area (Å²) in [5.74, 6) is 0.0606. The van der Waals surface area contributed by atoms with E-state index in [1.807, 2.05) is 26.8 Å². The largest absolute Gasteiger partial charge is 0.478 e. The molecule has 0 atom stereocenters. The lowest BCUT2D eigenvalue weighted by atomic mass is 10.2. The van der Waals surface area contributed by atoms with Crippen LogP contribution in [-0.4, -0.2) is 26.0 Å². The molecule has 0 bridgehead atoms. The van der Waals surface area contributed by atoms with E-state index in [1.165, 1.54) is 24.0 Å². The lowest BCUT2D eigenvalue weighted by Gasteiger charge is -2.07. The highest BCUT2D eigenvalue weighted by Crippen LogP contribution is 2.26. The van der Waals surface area contributed by atoms with Gasteiger partial charge in [-0.25, -0.2) is 19.7 Å². The van der Waals surface area contributed by atoms with Crippen LogP contribution in [0.15, 0.2) is 34.4 Å². The zero-order chi connectivity index (χ0) is 14.7. The summed E-state index contributed by atoms with van der Waals surface area (Å²) < 4.78 is 0. The van der Waals surface area contributed by atoms with Gasteiger partial charge in [0.1, 0.15) is 15.9 Å². The molecule has 0 saturated carbocycles. The van der Waals surface area contributed by atoms with Crippen LogP contribution in [0.1, 0.15) is 41.6 Å². The third-order valence-electron chi connectivity index (χ3n) is 2.56. The molecule has 104 valence electrons. The zero-order valence-corrected chi connectivity index (χ0v) is 12.3. The quantitative estimate of drug-likeness (QED) is 0.871. The monoisotopic (exact) mass is 289 g/mol. The highest BCUT2D eigenvalue weighted by atomic mass is 32.2. The number of carboxylic acids is 1. The second-order valence-corrected chi connectivity index (χ2v) is 5.69. The zero-order valence-electron chi connectivity index (χ0n) is 11.5. The molecule has 0 aromatic carbocycles. The van der Waals surface area contributed by atoms with Crippen molar-refractivity contribution in [2.45, 2.75) is 36.7 Å². The Kier molecular flexibility index (Phi) is 4.34. The molecule has 0 aliphatic heterocycles. The summed E-state index contributed by atoms with van der Waals surface area (Å²) >= 11 is 1.34. The van der Waals surface area contributed by atoms with Crippen molar-refractivity contribution in [2.24, 2.45) is 0 Å². The maximum atomic E-state index is 10.9. The van der Waals surface area contributed by atoms with Crippen molar-refractivity contribution in [1.29, 1.82) is 0 Å². The molecular formula is C14H15N3O2S. The molecule has 0 radical (unpaired) electrons. The number of nitrogens with zero attached hydrogens (tertiary/aromatic N) is 3. The minimum absolute atomic E-state index is 0.220. The van der Waals surface area contributed by atoms with Gasteiger partial charge >= 0.3 is 5.97 Å². The van der Waals surface area contributed by atoms with E-state index in [0.717, 1.165) is 16.5 Å². The van der Waals surface area contributed by atoms with Gasteiger partial charge in [0.2, 0.25) is 0 Å². The van der Waals surface area contributed by atoms with E-state index in [4.69, 9.17) is 5.11 Å². The van der Waals surface area contributed by atoms with Crippen LogP contribution < -0.4 is 0 Å². The summed E-state index contributed by atoms with van der Waals surface area (Å²) in [6.07, 6.45) is 1.49. The third-order valence-corrected chi connectivity index (χ3v) is 3.41. The van der Waals surface area contributed by atoms with Crippen molar-refractivity contribution in [1.82, 2.24) is 15.0 Å². The fourth-order valence-electron chi connectivity index (χ4n) is 1.58. The molecule has 0 aliphatic rings. The van der Waals surface area contributed by atoms with Crippen LogP contribution in [0.25, 0.3) is 0 Å². The fraction of sp³-hybridized carbons (Fsp3) is 0.286. The number of aryl methyl sites for hydroxylation is 1. The van der Waals surface area contributed by atoms with E-state index in [9.17, 15) is 4.79 Å². The van der Waals surface area contributed by atoms with Crippen LogP contribution in [0, 0.1) is 6.92 Å². The Labute approximate surface area is 121 Å². The van der Waals surface area contributed by atoms with Crippen LogP contribution in [0.4, 0.5) is 0 Å². The van der Waals surface area contributed by atoms with Gasteiger partial charge in [0.15, 0.2) is 0 Å². The van der Waals surface area contributed by atoms with Crippen molar-refractivity contribution in [3.8, 4) is 0 Å². The minimum Gasteiger partial charge on any atom is -0.478 e. The number of rotatable bonds is 4. The predicted molar refractivity (Wildman–Crippen MR) is 76.2 cm³/mol. The highest BCUT2D eigenvalue weighted by molar-refractivity contribution is 7.99. The fourth-order valence-corrected chi connectivity index (χ4v) is 2.46. The third kappa shape index (κ3) is 3.54. The number of pyridine rings is 1. The van der Waals surface area contributed by atoms with E-state index in [2.05, 4.69) is 15.0 Å². The molecule has 5 nitrogen and oxygen atoms in total. The maximum Gasteiger partial charge on any atom is 0.335 e.